The van der Waals surface area contributed by atoms with Crippen LogP contribution in [-0.4, -0.2) is 61.1 Å². The molecule has 0 aromatic heterocycles. The van der Waals surface area contributed by atoms with Gasteiger partial charge in [-0.2, -0.15) is 0 Å². The Kier molecular flexibility index (Phi) is 5.73. The Morgan fingerprint density at radius 2 is 1.50 bits per heavy atom. The van der Waals surface area contributed by atoms with E-state index in [-0.39, 0.29) is 10.8 Å². The standard InChI is InChI=1S/C21H29ClN2O3S/c22-17-7-9-19(10-8-17)28(26,27)21(11-3-4-12-21)20(25)24-15-13-23(14-16-24)18-5-1-2-6-18/h7-10,18H,1-6,11-16H2. The molecule has 0 radical (unpaired) electrons. The van der Waals surface area contributed by atoms with Gasteiger partial charge in [-0.15, -0.1) is 0 Å². The summed E-state index contributed by atoms with van der Waals surface area (Å²) in [6.45, 7) is 2.97. The molecule has 0 atom stereocenters. The summed E-state index contributed by atoms with van der Waals surface area (Å²) in [6, 6.07) is 6.88. The molecule has 1 saturated heterocycles. The number of amides is 1. The number of piperazine rings is 1. The minimum atomic E-state index is -3.76. The molecule has 0 spiro atoms. The van der Waals surface area contributed by atoms with Crippen molar-refractivity contribution in [2.24, 2.45) is 0 Å². The Hall–Kier alpha value is -1.11. The van der Waals surface area contributed by atoms with Crippen molar-refractivity contribution < 1.29 is 13.2 Å². The van der Waals surface area contributed by atoms with E-state index in [9.17, 15) is 13.2 Å². The van der Waals surface area contributed by atoms with Crippen LogP contribution in [0.15, 0.2) is 29.2 Å². The molecule has 1 aromatic carbocycles. The summed E-state index contributed by atoms with van der Waals surface area (Å²) in [5.41, 5.74) is 0. The average Bonchev–Trinajstić information content (AvgIpc) is 3.41. The summed E-state index contributed by atoms with van der Waals surface area (Å²) in [5, 5.41) is 0.494. The third-order valence-corrected chi connectivity index (χ3v) is 9.64. The molecule has 0 N–H and O–H groups in total. The number of hydrogen-bond donors (Lipinski definition) is 0. The largest absolute Gasteiger partial charge is 0.339 e. The normalized spacial score (nSPS) is 24.0. The lowest BCUT2D eigenvalue weighted by molar-refractivity contribution is -0.136. The van der Waals surface area contributed by atoms with Gasteiger partial charge in [0.05, 0.1) is 4.90 Å². The van der Waals surface area contributed by atoms with Gasteiger partial charge in [0.1, 0.15) is 0 Å². The van der Waals surface area contributed by atoms with Gasteiger partial charge in [0.2, 0.25) is 5.91 Å². The fourth-order valence-electron chi connectivity index (χ4n) is 5.23. The second kappa shape index (κ2) is 7.96. The van der Waals surface area contributed by atoms with E-state index >= 15 is 0 Å². The van der Waals surface area contributed by atoms with Gasteiger partial charge in [-0.1, -0.05) is 37.3 Å². The maximum absolute atomic E-state index is 13.5. The number of halogens is 1. The van der Waals surface area contributed by atoms with Crippen LogP contribution >= 0.6 is 11.6 Å². The van der Waals surface area contributed by atoms with Crippen molar-refractivity contribution in [2.45, 2.75) is 67.1 Å². The summed E-state index contributed by atoms with van der Waals surface area (Å²) >= 11 is 5.93. The van der Waals surface area contributed by atoms with Gasteiger partial charge in [0, 0.05) is 37.2 Å². The first-order chi connectivity index (χ1) is 13.4. The number of nitrogens with zero attached hydrogens (tertiary/aromatic N) is 2. The Morgan fingerprint density at radius 1 is 0.929 bits per heavy atom. The molecule has 2 saturated carbocycles. The zero-order valence-corrected chi connectivity index (χ0v) is 17.8. The number of carbonyl (C=O) groups excluding carboxylic acids is 1. The van der Waals surface area contributed by atoms with Crippen molar-refractivity contribution >= 4 is 27.3 Å². The lowest BCUT2D eigenvalue weighted by atomic mass is 10.0. The molecule has 5 nitrogen and oxygen atoms in total. The summed E-state index contributed by atoms with van der Waals surface area (Å²) in [5.74, 6) is -0.189. The lowest BCUT2D eigenvalue weighted by Gasteiger charge is -2.41. The van der Waals surface area contributed by atoms with E-state index in [4.69, 9.17) is 11.6 Å². The van der Waals surface area contributed by atoms with Gasteiger partial charge >= 0.3 is 0 Å². The highest BCUT2D eigenvalue weighted by molar-refractivity contribution is 7.93. The van der Waals surface area contributed by atoms with E-state index in [0.29, 0.717) is 37.0 Å². The van der Waals surface area contributed by atoms with Gasteiger partial charge < -0.3 is 4.90 Å². The lowest BCUT2D eigenvalue weighted by Crippen LogP contribution is -2.58. The number of sulfone groups is 1. The maximum Gasteiger partial charge on any atom is 0.244 e. The van der Waals surface area contributed by atoms with Crippen LogP contribution in [0.2, 0.25) is 5.02 Å². The van der Waals surface area contributed by atoms with Gasteiger partial charge in [0.25, 0.3) is 0 Å². The fourth-order valence-corrected chi connectivity index (χ4v) is 7.49. The molecule has 1 amide bonds. The predicted octanol–water partition coefficient (Wildman–Crippen LogP) is 3.51. The average molecular weight is 425 g/mol. The monoisotopic (exact) mass is 424 g/mol. The summed E-state index contributed by atoms with van der Waals surface area (Å²) < 4.78 is 25.7. The quantitative estimate of drug-likeness (QED) is 0.742. The summed E-state index contributed by atoms with van der Waals surface area (Å²) in [4.78, 5) is 18.0. The third-order valence-electron chi connectivity index (χ3n) is 6.88. The zero-order valence-electron chi connectivity index (χ0n) is 16.3. The van der Waals surface area contributed by atoms with Gasteiger partial charge in [-0.05, 0) is 49.9 Å². The molecule has 1 aliphatic heterocycles. The van der Waals surface area contributed by atoms with Crippen LogP contribution in [-0.2, 0) is 14.6 Å². The smallest absolute Gasteiger partial charge is 0.244 e. The first-order valence-electron chi connectivity index (χ1n) is 10.5. The van der Waals surface area contributed by atoms with E-state index in [0.717, 1.165) is 25.9 Å². The van der Waals surface area contributed by atoms with E-state index in [1.54, 1.807) is 12.1 Å². The van der Waals surface area contributed by atoms with Crippen molar-refractivity contribution in [1.29, 1.82) is 0 Å². The molecule has 0 unspecified atom stereocenters. The Labute approximate surface area is 172 Å². The van der Waals surface area contributed by atoms with Gasteiger partial charge in [-0.25, -0.2) is 8.42 Å². The first kappa shape index (κ1) is 20.2. The number of benzene rings is 1. The Bertz CT molecular complexity index is 805. The van der Waals surface area contributed by atoms with E-state index < -0.39 is 14.6 Å². The van der Waals surface area contributed by atoms with Crippen molar-refractivity contribution in [3.8, 4) is 0 Å². The van der Waals surface area contributed by atoms with E-state index in [1.165, 1.54) is 37.8 Å². The highest BCUT2D eigenvalue weighted by atomic mass is 35.5. The molecule has 7 heteroatoms. The van der Waals surface area contributed by atoms with E-state index in [2.05, 4.69) is 4.90 Å². The minimum absolute atomic E-state index is 0.189. The van der Waals surface area contributed by atoms with Crippen LogP contribution in [0.25, 0.3) is 0 Å². The van der Waals surface area contributed by atoms with Crippen molar-refractivity contribution in [2.75, 3.05) is 26.2 Å². The first-order valence-corrected chi connectivity index (χ1v) is 12.3. The SMILES string of the molecule is O=C(N1CCN(C2CCCC2)CC1)C1(S(=O)(=O)c2ccc(Cl)cc2)CCCC1. The number of hydrogen-bond acceptors (Lipinski definition) is 4. The molecule has 0 bridgehead atoms. The Balaban J connectivity index is 1.54. The van der Waals surface area contributed by atoms with Crippen LogP contribution in [0.3, 0.4) is 0 Å². The Morgan fingerprint density at radius 3 is 2.07 bits per heavy atom. The number of rotatable bonds is 4. The molecule has 2 aliphatic carbocycles. The van der Waals surface area contributed by atoms with Gasteiger partial charge in [-0.3, -0.25) is 9.69 Å². The molecule has 28 heavy (non-hydrogen) atoms. The van der Waals surface area contributed by atoms with Crippen molar-refractivity contribution in [1.82, 2.24) is 9.80 Å². The van der Waals surface area contributed by atoms with Crippen LogP contribution in [0, 0.1) is 0 Å². The topological polar surface area (TPSA) is 57.7 Å². The van der Waals surface area contributed by atoms with Gasteiger partial charge in [0.15, 0.2) is 14.6 Å². The summed E-state index contributed by atoms with van der Waals surface area (Å²) in [7, 11) is -3.76. The van der Waals surface area contributed by atoms with Crippen LogP contribution in [0.5, 0.6) is 0 Å². The summed E-state index contributed by atoms with van der Waals surface area (Å²) in [6.07, 6.45) is 7.49. The minimum Gasteiger partial charge on any atom is -0.339 e. The second-order valence-electron chi connectivity index (χ2n) is 8.43. The zero-order chi connectivity index (χ0) is 19.8. The highest BCUT2D eigenvalue weighted by Gasteiger charge is 2.54. The van der Waals surface area contributed by atoms with Crippen LogP contribution in [0.4, 0.5) is 0 Å². The van der Waals surface area contributed by atoms with Crippen molar-refractivity contribution in [3.63, 3.8) is 0 Å². The molecular formula is C21H29ClN2O3S. The molecular weight excluding hydrogens is 396 g/mol. The maximum atomic E-state index is 13.5. The third kappa shape index (κ3) is 3.48. The second-order valence-corrected chi connectivity index (χ2v) is 11.1. The molecule has 3 fully saturated rings. The van der Waals surface area contributed by atoms with Crippen molar-refractivity contribution in [3.05, 3.63) is 29.3 Å². The van der Waals surface area contributed by atoms with Crippen LogP contribution < -0.4 is 0 Å². The van der Waals surface area contributed by atoms with E-state index in [1.807, 2.05) is 4.90 Å². The highest BCUT2D eigenvalue weighted by Crippen LogP contribution is 2.42. The molecule has 154 valence electrons. The van der Waals surface area contributed by atoms with Crippen LogP contribution in [0.1, 0.15) is 51.4 Å². The molecule has 3 aliphatic rings. The predicted molar refractivity (Wildman–Crippen MR) is 110 cm³/mol. The molecule has 1 aromatic rings. The molecule has 1 heterocycles. The fraction of sp³-hybridized carbons (Fsp3) is 0.667. The number of carbonyl (C=O) groups is 1. The molecule has 4 rings (SSSR count).